The molecule has 2 aliphatic rings. The quantitative estimate of drug-likeness (QED) is 0.118. The van der Waals surface area contributed by atoms with Crippen molar-refractivity contribution < 1.29 is 24.1 Å². The van der Waals surface area contributed by atoms with Crippen LogP contribution in [0.1, 0.15) is 26.3 Å². The molecule has 0 saturated carbocycles. The molecular formula is C58H42BN5OPt-2. The SMILES string of the molecule is CC(C)(C)c1ccc(-c2cccc(-c3ccccc3)c2-n2[c](=[Pt])n(-c3[c-]c(Oc4cccc(N5B6c7ccccc7-c7ccccc7N6c6ccc[c-]c65)n4)ccc3)c3ccccc32)cc1. The molecule has 10 aromatic rings. The summed E-state index contributed by atoms with van der Waals surface area (Å²) in [6.07, 6.45) is 0. The molecular weight excluding hydrogens is 989 g/mol. The second kappa shape index (κ2) is 15.9. The average Bonchev–Trinajstić information content (AvgIpc) is 3.86. The van der Waals surface area contributed by atoms with Gasteiger partial charge in [0.2, 0.25) is 0 Å². The van der Waals surface area contributed by atoms with E-state index in [1.807, 2.05) is 30.3 Å². The van der Waals surface area contributed by atoms with Crippen LogP contribution in [0.25, 0.3) is 55.8 Å². The van der Waals surface area contributed by atoms with Crippen molar-refractivity contribution in [1.82, 2.24) is 14.1 Å². The van der Waals surface area contributed by atoms with Crippen LogP contribution in [0.15, 0.2) is 200 Å². The van der Waals surface area contributed by atoms with Crippen LogP contribution in [0, 0.1) is 15.9 Å². The first-order valence-electron chi connectivity index (χ1n) is 22.2. The molecule has 8 aromatic carbocycles. The van der Waals surface area contributed by atoms with E-state index in [0.29, 0.717) is 11.6 Å². The van der Waals surface area contributed by atoms with Crippen molar-refractivity contribution in [3.63, 3.8) is 0 Å². The molecule has 2 aromatic heterocycles. The third-order valence-corrected chi connectivity index (χ3v) is 13.8. The van der Waals surface area contributed by atoms with E-state index in [4.69, 9.17) is 9.72 Å². The summed E-state index contributed by atoms with van der Waals surface area (Å²) in [5, 5.41) is 0. The minimum absolute atomic E-state index is 0.0503. The molecule has 4 heterocycles. The van der Waals surface area contributed by atoms with E-state index in [0.717, 1.165) is 71.3 Å². The average molecular weight is 1030 g/mol. The van der Waals surface area contributed by atoms with Crippen molar-refractivity contribution in [1.29, 1.82) is 0 Å². The zero-order valence-electron chi connectivity index (χ0n) is 36.6. The van der Waals surface area contributed by atoms with Crippen molar-refractivity contribution >= 4 is 46.4 Å². The standard InChI is InChI=1S/C58H42BN5O.Pt/c1-58(2,3)42-36-34-41(35-37-42)46-25-16-24-45(40-18-5-4-6-19-40)57(46)62-39-61(51-28-11-12-29-52(51)62)43-20-15-21-44(38-43)65-56-33-17-32-55(60-56)64-54-31-14-13-30-53(54)63-50-27-10-8-23-48(50)47-22-7-9-26-49(47)59(63)64;/h4-30,32-37H,1-3H3;/q-2;. The van der Waals surface area contributed by atoms with Crippen molar-refractivity contribution in [2.24, 2.45) is 0 Å². The second-order valence-corrected chi connectivity index (χ2v) is 18.8. The fourth-order valence-corrected chi connectivity index (χ4v) is 10.8. The Kier molecular flexibility index (Phi) is 9.66. The fourth-order valence-electron chi connectivity index (χ4n) is 9.74. The number of imidazole rings is 1. The molecule has 66 heavy (non-hydrogen) atoms. The zero-order valence-corrected chi connectivity index (χ0v) is 38.9. The summed E-state index contributed by atoms with van der Waals surface area (Å²) < 4.78 is 12.4. The van der Waals surface area contributed by atoms with E-state index < -0.39 is 0 Å². The molecule has 320 valence electrons. The molecule has 8 heteroatoms. The maximum atomic E-state index is 6.68. The Bertz CT molecular complexity index is 3560. The number of nitrogens with zero attached hydrogens (tertiary/aromatic N) is 5. The Morgan fingerprint density at radius 3 is 1.97 bits per heavy atom. The van der Waals surface area contributed by atoms with Gasteiger partial charge in [-0.05, 0) is 11.6 Å². The van der Waals surface area contributed by atoms with Gasteiger partial charge in [-0.3, -0.25) is 0 Å². The van der Waals surface area contributed by atoms with Crippen molar-refractivity contribution in [3.8, 4) is 56.4 Å². The molecule has 0 fully saturated rings. The van der Waals surface area contributed by atoms with E-state index in [1.54, 1.807) is 0 Å². The van der Waals surface area contributed by atoms with Gasteiger partial charge in [-0.25, -0.2) is 0 Å². The van der Waals surface area contributed by atoms with E-state index in [-0.39, 0.29) is 12.4 Å². The molecule has 0 spiro atoms. The van der Waals surface area contributed by atoms with Gasteiger partial charge in [0.1, 0.15) is 0 Å². The molecule has 0 amide bonds. The number of hydrogen-bond donors (Lipinski definition) is 0. The first kappa shape index (κ1) is 40.1. The van der Waals surface area contributed by atoms with Crippen LogP contribution in [0.4, 0.5) is 22.9 Å². The third kappa shape index (κ3) is 6.60. The van der Waals surface area contributed by atoms with Crippen LogP contribution in [0.5, 0.6) is 11.6 Å². The minimum atomic E-state index is -0.159. The van der Waals surface area contributed by atoms with Gasteiger partial charge < -0.3 is 0 Å². The number of rotatable bonds is 7. The third-order valence-electron chi connectivity index (χ3n) is 12.8. The molecule has 6 nitrogen and oxygen atoms in total. The Labute approximate surface area is 396 Å². The molecule has 0 unspecified atom stereocenters. The molecule has 0 bridgehead atoms. The van der Waals surface area contributed by atoms with Crippen LogP contribution in [-0.2, 0) is 24.8 Å². The normalized spacial score (nSPS) is 12.8. The number of pyridine rings is 1. The molecule has 0 N–H and O–H groups in total. The summed E-state index contributed by atoms with van der Waals surface area (Å²) in [6, 6.07) is 77.8. The van der Waals surface area contributed by atoms with Crippen molar-refractivity contribution in [3.05, 3.63) is 222 Å². The molecule has 2 aliphatic heterocycles. The molecule has 12 rings (SSSR count). The van der Waals surface area contributed by atoms with Gasteiger partial charge in [0.25, 0.3) is 0 Å². The van der Waals surface area contributed by atoms with Gasteiger partial charge in [0.15, 0.2) is 0 Å². The summed E-state index contributed by atoms with van der Waals surface area (Å²) in [6.45, 7) is 6.62. The van der Waals surface area contributed by atoms with Crippen LogP contribution < -0.4 is 19.8 Å². The van der Waals surface area contributed by atoms with E-state index >= 15 is 0 Å². The topological polar surface area (TPSA) is 38.5 Å². The van der Waals surface area contributed by atoms with E-state index in [1.165, 1.54) is 22.2 Å². The molecule has 0 aliphatic carbocycles. The summed E-state index contributed by atoms with van der Waals surface area (Å²) in [5.74, 6) is 1.80. The predicted octanol–water partition coefficient (Wildman–Crippen LogP) is 13.6. The summed E-state index contributed by atoms with van der Waals surface area (Å²) in [4.78, 5) is 9.90. The maximum absolute atomic E-state index is 6.68. The van der Waals surface area contributed by atoms with Gasteiger partial charge in [-0.1, -0.05) is 42.5 Å². The van der Waals surface area contributed by atoms with Crippen LogP contribution in [-0.4, -0.2) is 21.1 Å². The van der Waals surface area contributed by atoms with Gasteiger partial charge in [0.05, 0.1) is 0 Å². The number of fused-ring (bicyclic) bond motifs is 9. The number of para-hydroxylation sites is 5. The number of benzene rings is 8. The van der Waals surface area contributed by atoms with Gasteiger partial charge >= 0.3 is 315 Å². The monoisotopic (exact) mass is 1030 g/mol. The van der Waals surface area contributed by atoms with Gasteiger partial charge in [-0.15, -0.1) is 6.07 Å². The first-order chi connectivity index (χ1) is 32.3. The number of ether oxygens (including phenoxy) is 1. The molecule has 0 saturated heterocycles. The van der Waals surface area contributed by atoms with Crippen LogP contribution in [0.2, 0.25) is 0 Å². The van der Waals surface area contributed by atoms with Gasteiger partial charge in [-0.2, -0.15) is 12.1 Å². The molecule has 0 atom stereocenters. The Morgan fingerprint density at radius 1 is 0.545 bits per heavy atom. The Hall–Kier alpha value is -7.47. The predicted molar refractivity (Wildman–Crippen MR) is 265 cm³/mol. The summed E-state index contributed by atoms with van der Waals surface area (Å²) >= 11 is 2.48. The van der Waals surface area contributed by atoms with Crippen molar-refractivity contribution in [2.75, 3.05) is 9.62 Å². The fraction of sp³-hybridized carbons (Fsp3) is 0.0690. The number of hydrogen-bond acceptors (Lipinski definition) is 4. The Balaban J connectivity index is 0.950. The van der Waals surface area contributed by atoms with Crippen LogP contribution >= 0.6 is 0 Å². The van der Waals surface area contributed by atoms with Gasteiger partial charge in [0, 0.05) is 11.3 Å². The van der Waals surface area contributed by atoms with E-state index in [9.17, 15) is 0 Å². The van der Waals surface area contributed by atoms with Crippen LogP contribution in [0.3, 0.4) is 0 Å². The first-order valence-corrected chi connectivity index (χ1v) is 23.4. The summed E-state index contributed by atoms with van der Waals surface area (Å²) in [5.41, 5.74) is 16.9. The zero-order chi connectivity index (χ0) is 44.5. The summed E-state index contributed by atoms with van der Waals surface area (Å²) in [7, 11) is 0. The number of aromatic nitrogens is 3. The second-order valence-electron chi connectivity index (χ2n) is 17.8. The Morgan fingerprint density at radius 2 is 1.18 bits per heavy atom. The van der Waals surface area contributed by atoms with E-state index in [2.05, 4.69) is 241 Å². The number of anilines is 4. The molecule has 0 radical (unpaired) electrons. The van der Waals surface area contributed by atoms with Crippen molar-refractivity contribution in [2.45, 2.75) is 26.2 Å².